The molecule has 0 spiro atoms. The maximum absolute atomic E-state index is 13.4. The fraction of sp³-hybridized carbons (Fsp3) is 0.235. The van der Waals surface area contributed by atoms with Gasteiger partial charge in [0.2, 0.25) is 0 Å². The topological polar surface area (TPSA) is 38.1 Å². The van der Waals surface area contributed by atoms with Crippen LogP contribution in [0.5, 0.6) is 0 Å². The lowest BCUT2D eigenvalue weighted by Crippen LogP contribution is -2.22. The van der Waals surface area contributed by atoms with Crippen molar-refractivity contribution < 1.29 is 8.81 Å². The number of aromatic nitrogens is 1. The van der Waals surface area contributed by atoms with E-state index in [9.17, 15) is 4.39 Å². The van der Waals surface area contributed by atoms with E-state index in [1.165, 1.54) is 12.1 Å². The molecule has 21 heavy (non-hydrogen) atoms. The van der Waals surface area contributed by atoms with Gasteiger partial charge in [-0.1, -0.05) is 13.0 Å². The molecule has 0 amide bonds. The molecular formula is C17H17FN2O. The fourth-order valence-electron chi connectivity index (χ4n) is 2.60. The van der Waals surface area contributed by atoms with Gasteiger partial charge in [-0.25, -0.2) is 4.39 Å². The van der Waals surface area contributed by atoms with Gasteiger partial charge in [0, 0.05) is 23.3 Å². The van der Waals surface area contributed by atoms with Gasteiger partial charge in [-0.2, -0.15) is 0 Å². The SMILES string of the molecule is CCNC(c1cccnc1)c1oc2ccc(F)cc2c1C. The van der Waals surface area contributed by atoms with E-state index in [2.05, 4.69) is 10.3 Å². The number of fused-ring (bicyclic) bond motifs is 1. The number of nitrogens with zero attached hydrogens (tertiary/aromatic N) is 1. The summed E-state index contributed by atoms with van der Waals surface area (Å²) in [5.41, 5.74) is 2.69. The van der Waals surface area contributed by atoms with Crippen LogP contribution in [0.4, 0.5) is 4.39 Å². The second-order valence-electron chi connectivity index (χ2n) is 5.01. The maximum atomic E-state index is 13.4. The molecule has 0 aliphatic carbocycles. The third-order valence-corrected chi connectivity index (χ3v) is 3.62. The summed E-state index contributed by atoms with van der Waals surface area (Å²) in [6, 6.07) is 8.43. The molecule has 0 radical (unpaired) electrons. The lowest BCUT2D eigenvalue weighted by atomic mass is 10.0. The number of halogens is 1. The van der Waals surface area contributed by atoms with Crippen LogP contribution in [0.15, 0.2) is 47.1 Å². The number of hydrogen-bond acceptors (Lipinski definition) is 3. The number of pyridine rings is 1. The molecule has 0 aliphatic rings. The number of benzene rings is 1. The molecule has 1 atom stereocenters. The van der Waals surface area contributed by atoms with Crippen molar-refractivity contribution in [1.29, 1.82) is 0 Å². The normalized spacial score (nSPS) is 12.7. The van der Waals surface area contributed by atoms with Crippen LogP contribution in [-0.4, -0.2) is 11.5 Å². The van der Waals surface area contributed by atoms with E-state index in [1.54, 1.807) is 12.3 Å². The number of hydrogen-bond donors (Lipinski definition) is 1. The molecule has 2 heterocycles. The highest BCUT2D eigenvalue weighted by atomic mass is 19.1. The smallest absolute Gasteiger partial charge is 0.134 e. The Balaban J connectivity index is 2.14. The predicted octanol–water partition coefficient (Wildman–Crippen LogP) is 3.97. The standard InChI is InChI=1S/C17H17FN2O/c1-3-20-16(12-5-4-8-19-10-12)17-11(2)14-9-13(18)6-7-15(14)21-17/h4-10,16,20H,3H2,1-2H3. The van der Waals surface area contributed by atoms with E-state index < -0.39 is 0 Å². The molecule has 1 unspecified atom stereocenters. The number of rotatable bonds is 4. The van der Waals surface area contributed by atoms with E-state index in [1.807, 2.05) is 32.2 Å². The summed E-state index contributed by atoms with van der Waals surface area (Å²) in [5.74, 6) is 0.560. The minimum absolute atomic E-state index is 0.0841. The molecule has 0 saturated heterocycles. The molecular weight excluding hydrogens is 267 g/mol. The first-order valence-corrected chi connectivity index (χ1v) is 7.02. The molecule has 2 aromatic heterocycles. The first kappa shape index (κ1) is 13.8. The molecule has 0 saturated carbocycles. The van der Waals surface area contributed by atoms with E-state index in [0.29, 0.717) is 5.58 Å². The summed E-state index contributed by atoms with van der Waals surface area (Å²) in [6.45, 7) is 4.80. The molecule has 4 heteroatoms. The summed E-state index contributed by atoms with van der Waals surface area (Å²) in [6.07, 6.45) is 3.56. The summed E-state index contributed by atoms with van der Waals surface area (Å²) >= 11 is 0. The Labute approximate surface area is 122 Å². The molecule has 0 fully saturated rings. The molecule has 1 aromatic carbocycles. The molecule has 0 bridgehead atoms. The van der Waals surface area contributed by atoms with Crippen LogP contribution in [-0.2, 0) is 0 Å². The van der Waals surface area contributed by atoms with Crippen LogP contribution in [0, 0.1) is 12.7 Å². The van der Waals surface area contributed by atoms with Gasteiger partial charge < -0.3 is 9.73 Å². The zero-order valence-corrected chi connectivity index (χ0v) is 12.1. The van der Waals surface area contributed by atoms with Crippen LogP contribution in [0.1, 0.15) is 29.9 Å². The first-order valence-electron chi connectivity index (χ1n) is 7.02. The Hall–Kier alpha value is -2.20. The average Bonchev–Trinajstić information content (AvgIpc) is 2.82. The molecule has 1 N–H and O–H groups in total. The van der Waals surface area contributed by atoms with E-state index in [4.69, 9.17) is 4.42 Å². The lowest BCUT2D eigenvalue weighted by Gasteiger charge is -2.16. The highest BCUT2D eigenvalue weighted by Gasteiger charge is 2.21. The zero-order valence-electron chi connectivity index (χ0n) is 12.1. The maximum Gasteiger partial charge on any atom is 0.134 e. The van der Waals surface area contributed by atoms with E-state index in [-0.39, 0.29) is 11.9 Å². The summed E-state index contributed by atoms with van der Waals surface area (Å²) < 4.78 is 19.4. The Morgan fingerprint density at radius 2 is 2.19 bits per heavy atom. The van der Waals surface area contributed by atoms with Gasteiger partial charge in [0.05, 0.1) is 6.04 Å². The van der Waals surface area contributed by atoms with Gasteiger partial charge >= 0.3 is 0 Å². The quantitative estimate of drug-likeness (QED) is 0.787. The van der Waals surface area contributed by atoms with Gasteiger partial charge in [0.1, 0.15) is 17.2 Å². The first-order chi connectivity index (χ1) is 10.2. The van der Waals surface area contributed by atoms with Crippen LogP contribution in [0.2, 0.25) is 0 Å². The van der Waals surface area contributed by atoms with Crippen LogP contribution < -0.4 is 5.32 Å². The second-order valence-corrected chi connectivity index (χ2v) is 5.01. The number of nitrogens with one attached hydrogen (secondary N) is 1. The van der Waals surface area contributed by atoms with Crippen molar-refractivity contribution >= 4 is 11.0 Å². The molecule has 108 valence electrons. The molecule has 3 nitrogen and oxygen atoms in total. The molecule has 3 aromatic rings. The highest BCUT2D eigenvalue weighted by Crippen LogP contribution is 2.32. The third kappa shape index (κ3) is 2.54. The Morgan fingerprint density at radius 3 is 2.90 bits per heavy atom. The Kier molecular flexibility index (Phi) is 3.71. The highest BCUT2D eigenvalue weighted by molar-refractivity contribution is 5.82. The predicted molar refractivity (Wildman–Crippen MR) is 80.7 cm³/mol. The Morgan fingerprint density at radius 1 is 1.33 bits per heavy atom. The average molecular weight is 284 g/mol. The van der Waals surface area contributed by atoms with Gasteiger partial charge in [0.15, 0.2) is 0 Å². The molecule has 3 rings (SSSR count). The van der Waals surface area contributed by atoms with Gasteiger partial charge in [-0.15, -0.1) is 0 Å². The minimum atomic E-state index is -0.251. The van der Waals surface area contributed by atoms with E-state index >= 15 is 0 Å². The van der Waals surface area contributed by atoms with Gasteiger partial charge in [-0.05, 0) is 43.3 Å². The third-order valence-electron chi connectivity index (χ3n) is 3.62. The van der Waals surface area contributed by atoms with Crippen molar-refractivity contribution in [1.82, 2.24) is 10.3 Å². The van der Waals surface area contributed by atoms with Crippen molar-refractivity contribution in [2.75, 3.05) is 6.54 Å². The lowest BCUT2D eigenvalue weighted by molar-refractivity contribution is 0.473. The fourth-order valence-corrected chi connectivity index (χ4v) is 2.60. The van der Waals surface area contributed by atoms with Crippen LogP contribution in [0.25, 0.3) is 11.0 Å². The van der Waals surface area contributed by atoms with Crippen molar-refractivity contribution in [3.05, 3.63) is 65.4 Å². The van der Waals surface area contributed by atoms with Crippen molar-refractivity contribution in [3.8, 4) is 0 Å². The van der Waals surface area contributed by atoms with Crippen molar-refractivity contribution in [2.45, 2.75) is 19.9 Å². The summed E-state index contributed by atoms with van der Waals surface area (Å²) in [5, 5.41) is 4.22. The zero-order chi connectivity index (χ0) is 14.8. The number of aryl methyl sites for hydroxylation is 1. The van der Waals surface area contributed by atoms with Crippen LogP contribution >= 0.6 is 0 Å². The minimum Gasteiger partial charge on any atom is -0.459 e. The summed E-state index contributed by atoms with van der Waals surface area (Å²) in [7, 11) is 0. The van der Waals surface area contributed by atoms with Crippen LogP contribution in [0.3, 0.4) is 0 Å². The Bertz CT molecular complexity index is 752. The summed E-state index contributed by atoms with van der Waals surface area (Å²) in [4.78, 5) is 4.17. The largest absolute Gasteiger partial charge is 0.459 e. The monoisotopic (exact) mass is 284 g/mol. The molecule has 0 aliphatic heterocycles. The number of furan rings is 1. The van der Waals surface area contributed by atoms with Crippen molar-refractivity contribution in [2.24, 2.45) is 0 Å². The second kappa shape index (κ2) is 5.66. The van der Waals surface area contributed by atoms with Gasteiger partial charge in [0.25, 0.3) is 0 Å². The van der Waals surface area contributed by atoms with Crippen molar-refractivity contribution in [3.63, 3.8) is 0 Å². The van der Waals surface area contributed by atoms with Gasteiger partial charge in [-0.3, -0.25) is 4.98 Å². The van der Waals surface area contributed by atoms with E-state index in [0.717, 1.165) is 28.8 Å².